The van der Waals surface area contributed by atoms with Crippen LogP contribution in [0, 0.1) is 0 Å². The fourth-order valence-electron chi connectivity index (χ4n) is 2.36. The fourth-order valence-corrected chi connectivity index (χ4v) is 2.36. The van der Waals surface area contributed by atoms with Crippen LogP contribution in [0.1, 0.15) is 43.9 Å². The van der Waals surface area contributed by atoms with E-state index in [1.54, 1.807) is 0 Å². The van der Waals surface area contributed by atoms with Crippen molar-refractivity contribution in [3.8, 4) is 0 Å². The van der Waals surface area contributed by atoms with Gasteiger partial charge in [0.05, 0.1) is 6.10 Å². The van der Waals surface area contributed by atoms with Crippen molar-refractivity contribution in [2.24, 2.45) is 0 Å². The van der Waals surface area contributed by atoms with Crippen molar-refractivity contribution < 1.29 is 5.11 Å². The lowest BCUT2D eigenvalue weighted by atomic mass is 9.98. The van der Waals surface area contributed by atoms with Gasteiger partial charge in [0.1, 0.15) is 0 Å². The summed E-state index contributed by atoms with van der Waals surface area (Å²) in [6.45, 7) is 6.18. The van der Waals surface area contributed by atoms with Crippen LogP contribution in [0.15, 0.2) is 24.3 Å². The van der Waals surface area contributed by atoms with Gasteiger partial charge in [0.25, 0.3) is 0 Å². The largest absolute Gasteiger partial charge is 0.387 e. The maximum Gasteiger partial charge on any atom is 0.0942 e. The number of benzene rings is 1. The lowest BCUT2D eigenvalue weighted by molar-refractivity contribution is 0.125. The Kier molecular flexibility index (Phi) is 7.82. The molecule has 1 aromatic carbocycles. The summed E-state index contributed by atoms with van der Waals surface area (Å²) in [5, 5.41) is 13.9. The monoisotopic (exact) mass is 278 g/mol. The number of aryl methyl sites for hydroxylation is 1. The quantitative estimate of drug-likeness (QED) is 0.729. The van der Waals surface area contributed by atoms with Gasteiger partial charge in [-0.05, 0) is 38.1 Å². The van der Waals surface area contributed by atoms with Crippen molar-refractivity contribution in [3.05, 3.63) is 35.4 Å². The van der Waals surface area contributed by atoms with Gasteiger partial charge in [0.2, 0.25) is 0 Å². The number of rotatable bonds is 9. The molecule has 3 nitrogen and oxygen atoms in total. The number of nitrogens with zero attached hydrogens (tertiary/aromatic N) is 1. The number of hydrogen-bond donors (Lipinski definition) is 2. The molecule has 2 unspecified atom stereocenters. The highest BCUT2D eigenvalue weighted by Gasteiger charge is 2.18. The Balaban J connectivity index is 2.58. The van der Waals surface area contributed by atoms with E-state index in [1.807, 2.05) is 0 Å². The molecule has 20 heavy (non-hydrogen) atoms. The third kappa shape index (κ3) is 5.61. The van der Waals surface area contributed by atoms with Crippen molar-refractivity contribution in [1.82, 2.24) is 10.2 Å². The Morgan fingerprint density at radius 3 is 2.30 bits per heavy atom. The third-order valence-electron chi connectivity index (χ3n) is 3.65. The van der Waals surface area contributed by atoms with Crippen molar-refractivity contribution in [2.75, 3.05) is 27.2 Å². The predicted molar refractivity (Wildman–Crippen MR) is 86.0 cm³/mol. The molecule has 0 aliphatic rings. The summed E-state index contributed by atoms with van der Waals surface area (Å²) in [4.78, 5) is 2.14. The molecule has 1 aromatic rings. The molecule has 2 N–H and O–H groups in total. The van der Waals surface area contributed by atoms with Crippen molar-refractivity contribution >= 4 is 0 Å². The van der Waals surface area contributed by atoms with E-state index >= 15 is 0 Å². The molecule has 0 spiro atoms. The van der Waals surface area contributed by atoms with Crippen LogP contribution in [0.3, 0.4) is 0 Å². The molecule has 1 rings (SSSR count). The maximum absolute atomic E-state index is 10.5. The zero-order chi connectivity index (χ0) is 15.0. The predicted octanol–water partition coefficient (Wildman–Crippen LogP) is 2.60. The number of aliphatic hydroxyl groups is 1. The van der Waals surface area contributed by atoms with Crippen LogP contribution in [0.4, 0.5) is 0 Å². The number of aliphatic hydroxyl groups excluding tert-OH is 1. The van der Waals surface area contributed by atoms with Crippen molar-refractivity contribution in [2.45, 2.75) is 45.3 Å². The second-order valence-corrected chi connectivity index (χ2v) is 5.71. The lowest BCUT2D eigenvalue weighted by Crippen LogP contribution is -2.38. The molecular formula is C17H30N2O. The van der Waals surface area contributed by atoms with E-state index in [1.165, 1.54) is 5.56 Å². The summed E-state index contributed by atoms with van der Waals surface area (Å²) in [5.74, 6) is 0. The average Bonchev–Trinajstić information content (AvgIpc) is 2.44. The van der Waals surface area contributed by atoms with E-state index in [4.69, 9.17) is 0 Å². The molecule has 0 aromatic heterocycles. The van der Waals surface area contributed by atoms with E-state index in [0.29, 0.717) is 0 Å². The Hall–Kier alpha value is -0.900. The lowest BCUT2D eigenvalue weighted by Gasteiger charge is -2.24. The molecule has 0 saturated heterocycles. The van der Waals surface area contributed by atoms with Gasteiger partial charge in [0, 0.05) is 19.1 Å². The van der Waals surface area contributed by atoms with E-state index in [0.717, 1.165) is 37.9 Å². The maximum atomic E-state index is 10.5. The highest BCUT2D eigenvalue weighted by atomic mass is 16.3. The van der Waals surface area contributed by atoms with Gasteiger partial charge in [0.15, 0.2) is 0 Å². The van der Waals surface area contributed by atoms with E-state index in [2.05, 4.69) is 62.4 Å². The topological polar surface area (TPSA) is 35.5 Å². The Bertz CT molecular complexity index is 362. The molecule has 0 amide bonds. The minimum Gasteiger partial charge on any atom is -0.387 e. The van der Waals surface area contributed by atoms with Crippen molar-refractivity contribution in [3.63, 3.8) is 0 Å². The standard InChI is InChI=1S/C17H30N2O/c1-5-7-14-8-10-15(11-9-14)17(20)16(6-2)18-12-13-19(3)4/h8-11,16-18,20H,5-7,12-13H2,1-4H3. The van der Waals surface area contributed by atoms with Gasteiger partial charge in [-0.15, -0.1) is 0 Å². The normalized spacial score (nSPS) is 14.5. The van der Waals surface area contributed by atoms with Gasteiger partial charge >= 0.3 is 0 Å². The van der Waals surface area contributed by atoms with Crippen molar-refractivity contribution in [1.29, 1.82) is 0 Å². The molecule has 114 valence electrons. The summed E-state index contributed by atoms with van der Waals surface area (Å²) in [6, 6.07) is 8.51. The zero-order valence-corrected chi connectivity index (χ0v) is 13.4. The van der Waals surface area contributed by atoms with Gasteiger partial charge in [-0.2, -0.15) is 0 Å². The summed E-state index contributed by atoms with van der Waals surface area (Å²) in [7, 11) is 4.12. The van der Waals surface area contributed by atoms with E-state index < -0.39 is 6.10 Å². The first-order valence-electron chi connectivity index (χ1n) is 7.73. The first-order valence-corrected chi connectivity index (χ1v) is 7.73. The fraction of sp³-hybridized carbons (Fsp3) is 0.647. The molecule has 0 aliphatic carbocycles. The van der Waals surface area contributed by atoms with Gasteiger partial charge in [-0.25, -0.2) is 0 Å². The summed E-state index contributed by atoms with van der Waals surface area (Å²) >= 11 is 0. The van der Waals surface area contributed by atoms with Gasteiger partial charge < -0.3 is 15.3 Å². The van der Waals surface area contributed by atoms with Crippen LogP contribution in [-0.4, -0.2) is 43.2 Å². The van der Waals surface area contributed by atoms with Gasteiger partial charge in [-0.3, -0.25) is 0 Å². The molecule has 0 saturated carbocycles. The molecular weight excluding hydrogens is 248 g/mol. The Morgan fingerprint density at radius 2 is 1.80 bits per heavy atom. The molecule has 2 atom stereocenters. The van der Waals surface area contributed by atoms with Crippen LogP contribution >= 0.6 is 0 Å². The molecule has 0 fully saturated rings. The molecule has 0 bridgehead atoms. The summed E-state index contributed by atoms with van der Waals surface area (Å²) in [6.07, 6.45) is 2.75. The first-order chi connectivity index (χ1) is 9.58. The highest BCUT2D eigenvalue weighted by molar-refractivity contribution is 5.25. The number of likely N-dealkylation sites (N-methyl/N-ethyl adjacent to an activating group) is 1. The van der Waals surface area contributed by atoms with E-state index in [9.17, 15) is 5.11 Å². The van der Waals surface area contributed by atoms with Crippen LogP contribution in [0.2, 0.25) is 0 Å². The highest BCUT2D eigenvalue weighted by Crippen LogP contribution is 2.19. The zero-order valence-electron chi connectivity index (χ0n) is 13.4. The smallest absolute Gasteiger partial charge is 0.0942 e. The van der Waals surface area contributed by atoms with Crippen LogP contribution in [0.25, 0.3) is 0 Å². The second kappa shape index (κ2) is 9.11. The molecule has 3 heteroatoms. The van der Waals surface area contributed by atoms with Gasteiger partial charge in [-0.1, -0.05) is 44.5 Å². The molecule has 0 heterocycles. The SMILES string of the molecule is CCCc1ccc(C(O)C(CC)NCCN(C)C)cc1. The Morgan fingerprint density at radius 1 is 1.15 bits per heavy atom. The van der Waals surface area contributed by atoms with Crippen LogP contribution in [-0.2, 0) is 6.42 Å². The van der Waals surface area contributed by atoms with Crippen LogP contribution < -0.4 is 5.32 Å². The third-order valence-corrected chi connectivity index (χ3v) is 3.65. The first kappa shape index (κ1) is 17.2. The van der Waals surface area contributed by atoms with Crippen LogP contribution in [0.5, 0.6) is 0 Å². The molecule has 0 aliphatic heterocycles. The number of hydrogen-bond acceptors (Lipinski definition) is 3. The summed E-state index contributed by atoms with van der Waals surface area (Å²) in [5.41, 5.74) is 2.35. The molecule has 0 radical (unpaired) electrons. The average molecular weight is 278 g/mol. The second-order valence-electron chi connectivity index (χ2n) is 5.71. The number of nitrogens with one attached hydrogen (secondary N) is 1. The summed E-state index contributed by atoms with van der Waals surface area (Å²) < 4.78 is 0. The van der Waals surface area contributed by atoms with E-state index in [-0.39, 0.29) is 6.04 Å². The Labute approximate surface area is 124 Å². The minimum atomic E-state index is -0.433. The minimum absolute atomic E-state index is 0.118.